The Balaban J connectivity index is 3.08. The van der Waals surface area contributed by atoms with Crippen LogP contribution >= 0.6 is 11.6 Å². The van der Waals surface area contributed by atoms with Crippen molar-refractivity contribution in [3.8, 4) is 11.5 Å². The van der Waals surface area contributed by atoms with E-state index in [4.69, 9.17) is 17.3 Å². The Morgan fingerprint density at radius 1 is 1.29 bits per heavy atom. The average molecular weight is 268 g/mol. The molecule has 0 spiro atoms. The van der Waals surface area contributed by atoms with Crippen LogP contribution < -0.4 is 5.73 Å². The molecule has 0 saturated carbocycles. The molecule has 0 bridgehead atoms. The van der Waals surface area contributed by atoms with E-state index in [1.165, 1.54) is 6.20 Å². The molecule has 3 nitrogen and oxygen atoms in total. The highest BCUT2D eigenvalue weighted by Gasteiger charge is 2.24. The van der Waals surface area contributed by atoms with Gasteiger partial charge in [-0.1, -0.05) is 38.3 Å². The third-order valence-electron chi connectivity index (χ3n) is 3.25. The smallest absolute Gasteiger partial charge is 0.158 e. The van der Waals surface area contributed by atoms with Gasteiger partial charge in [-0.25, -0.2) is 9.97 Å². The van der Waals surface area contributed by atoms with Crippen molar-refractivity contribution in [2.45, 2.75) is 38.9 Å². The quantitative estimate of drug-likeness (QED) is 0.676. The van der Waals surface area contributed by atoms with Crippen molar-refractivity contribution in [2.24, 2.45) is 0 Å². The van der Waals surface area contributed by atoms with Crippen LogP contribution in [0.2, 0.25) is 23.3 Å². The molecule has 0 amide bonds. The summed E-state index contributed by atoms with van der Waals surface area (Å²) in [6.07, 6.45) is 1.44. The van der Waals surface area contributed by atoms with Crippen molar-refractivity contribution in [3.05, 3.63) is 17.0 Å². The molecule has 0 aromatic carbocycles. The second-order valence-corrected chi connectivity index (χ2v) is 9.34. The highest BCUT2D eigenvalue weighted by molar-refractivity contribution is 6.87. The lowest BCUT2D eigenvalue weighted by molar-refractivity contribution is 1.18. The number of hydrogen-bond acceptors (Lipinski definition) is 3. The van der Waals surface area contributed by atoms with E-state index in [-0.39, 0.29) is 0 Å². The maximum atomic E-state index is 5.78. The summed E-state index contributed by atoms with van der Waals surface area (Å²) in [6, 6.07) is 3.46. The van der Waals surface area contributed by atoms with E-state index in [2.05, 4.69) is 42.2 Å². The van der Waals surface area contributed by atoms with Crippen LogP contribution in [0.3, 0.4) is 0 Å². The number of nitrogens with zero attached hydrogens (tertiary/aromatic N) is 2. The lowest BCUT2D eigenvalue weighted by atomic mass is 10.4. The second-order valence-electron chi connectivity index (χ2n) is 4.02. The zero-order chi connectivity index (χ0) is 12.9. The van der Waals surface area contributed by atoms with Crippen molar-refractivity contribution in [1.82, 2.24) is 9.97 Å². The van der Waals surface area contributed by atoms with Crippen LogP contribution in [0, 0.1) is 11.5 Å². The average Bonchev–Trinajstić information content (AvgIpc) is 2.35. The molecule has 17 heavy (non-hydrogen) atoms. The Kier molecular flexibility index (Phi) is 4.97. The first-order chi connectivity index (χ1) is 8.06. The highest BCUT2D eigenvalue weighted by atomic mass is 35.5. The molecule has 5 heteroatoms. The summed E-state index contributed by atoms with van der Waals surface area (Å²) in [5, 5.41) is 0.334. The molecule has 0 saturated heterocycles. The van der Waals surface area contributed by atoms with E-state index in [9.17, 15) is 0 Å². The minimum absolute atomic E-state index is 0.334. The molecule has 0 aliphatic heterocycles. The molecule has 0 aliphatic rings. The van der Waals surface area contributed by atoms with Crippen LogP contribution in [0.25, 0.3) is 0 Å². The Bertz CT molecular complexity index is 439. The minimum Gasteiger partial charge on any atom is -0.381 e. The van der Waals surface area contributed by atoms with Gasteiger partial charge < -0.3 is 5.73 Å². The summed E-state index contributed by atoms with van der Waals surface area (Å²) in [6.45, 7) is 6.63. The first kappa shape index (κ1) is 14.0. The van der Waals surface area contributed by atoms with Crippen LogP contribution in [-0.4, -0.2) is 18.0 Å². The van der Waals surface area contributed by atoms with Crippen LogP contribution in [0.15, 0.2) is 6.20 Å². The summed E-state index contributed by atoms with van der Waals surface area (Å²) in [4.78, 5) is 8.06. The topological polar surface area (TPSA) is 51.8 Å². The molecule has 1 aromatic rings. The third-order valence-corrected chi connectivity index (χ3v) is 8.15. The number of nitrogens with two attached hydrogens (primary N) is 1. The lowest BCUT2D eigenvalue weighted by Crippen LogP contribution is -2.29. The number of anilines is 1. The fourth-order valence-electron chi connectivity index (χ4n) is 1.68. The number of halogens is 1. The van der Waals surface area contributed by atoms with Gasteiger partial charge in [-0.2, -0.15) is 0 Å². The van der Waals surface area contributed by atoms with E-state index in [0.717, 1.165) is 18.1 Å². The Morgan fingerprint density at radius 2 is 1.88 bits per heavy atom. The number of aromatic nitrogens is 2. The van der Waals surface area contributed by atoms with Crippen LogP contribution in [0.5, 0.6) is 0 Å². The van der Waals surface area contributed by atoms with E-state index in [0.29, 0.717) is 16.7 Å². The van der Waals surface area contributed by atoms with E-state index >= 15 is 0 Å². The maximum absolute atomic E-state index is 5.78. The number of rotatable bonds is 3. The Morgan fingerprint density at radius 3 is 2.41 bits per heavy atom. The summed E-state index contributed by atoms with van der Waals surface area (Å²) < 4.78 is 0. The molecule has 1 aromatic heterocycles. The van der Waals surface area contributed by atoms with Gasteiger partial charge in [0.1, 0.15) is 13.2 Å². The number of nitrogen functional groups attached to an aromatic ring is 1. The van der Waals surface area contributed by atoms with Gasteiger partial charge >= 0.3 is 0 Å². The Hall–Kier alpha value is -1.05. The summed E-state index contributed by atoms with van der Waals surface area (Å²) in [7, 11) is -1.47. The van der Waals surface area contributed by atoms with Crippen molar-refractivity contribution >= 4 is 25.5 Å². The predicted molar refractivity (Wildman–Crippen MR) is 75.5 cm³/mol. The van der Waals surface area contributed by atoms with Gasteiger partial charge in [-0.15, -0.1) is 5.54 Å². The van der Waals surface area contributed by atoms with Crippen LogP contribution in [0.1, 0.15) is 26.5 Å². The van der Waals surface area contributed by atoms with Crippen LogP contribution in [0.4, 0.5) is 5.82 Å². The van der Waals surface area contributed by atoms with Crippen molar-refractivity contribution < 1.29 is 0 Å². The second kappa shape index (κ2) is 6.04. The summed E-state index contributed by atoms with van der Waals surface area (Å²) in [5.41, 5.74) is 9.64. The molecule has 1 rings (SSSR count). The highest BCUT2D eigenvalue weighted by Crippen LogP contribution is 2.19. The zero-order valence-corrected chi connectivity index (χ0v) is 12.3. The van der Waals surface area contributed by atoms with E-state index in [1.54, 1.807) is 0 Å². The molecule has 1 heterocycles. The molecule has 0 aliphatic carbocycles. The minimum atomic E-state index is -1.47. The molecular weight excluding hydrogens is 250 g/mol. The SMILES string of the molecule is CC[Si](C#Cc1nc(Cl)cnc1N)(CC)CC. The third kappa shape index (κ3) is 3.45. The van der Waals surface area contributed by atoms with Crippen molar-refractivity contribution in [1.29, 1.82) is 0 Å². The van der Waals surface area contributed by atoms with Gasteiger partial charge in [0.25, 0.3) is 0 Å². The van der Waals surface area contributed by atoms with Crippen molar-refractivity contribution in [3.63, 3.8) is 0 Å². The van der Waals surface area contributed by atoms with Gasteiger partial charge in [-0.3, -0.25) is 0 Å². The van der Waals surface area contributed by atoms with E-state index in [1.807, 2.05) is 0 Å². The number of hydrogen-bond donors (Lipinski definition) is 1. The standard InChI is InChI=1S/C12H18ClN3Si/c1-4-17(5-2,6-3)8-7-10-12(14)15-9-11(13)16-10/h9H,4-6H2,1-3H3,(H2,14,15). The summed E-state index contributed by atoms with van der Waals surface area (Å²) >= 11 is 5.78. The molecule has 0 radical (unpaired) electrons. The van der Waals surface area contributed by atoms with Gasteiger partial charge in [0, 0.05) is 0 Å². The zero-order valence-electron chi connectivity index (χ0n) is 10.5. The van der Waals surface area contributed by atoms with Gasteiger partial charge in [0.15, 0.2) is 11.5 Å². The maximum Gasteiger partial charge on any atom is 0.158 e. The fourth-order valence-corrected chi connectivity index (χ4v) is 4.22. The molecule has 92 valence electrons. The first-order valence-electron chi connectivity index (χ1n) is 5.88. The molecule has 0 atom stereocenters. The molecule has 0 fully saturated rings. The Labute approximate surface area is 109 Å². The van der Waals surface area contributed by atoms with Gasteiger partial charge in [0.2, 0.25) is 0 Å². The van der Waals surface area contributed by atoms with Gasteiger partial charge in [0.05, 0.1) is 6.20 Å². The molecule has 0 unspecified atom stereocenters. The summed E-state index contributed by atoms with van der Waals surface area (Å²) in [5.74, 6) is 3.43. The molecule has 2 N–H and O–H groups in total. The fraction of sp³-hybridized carbons (Fsp3) is 0.500. The largest absolute Gasteiger partial charge is 0.381 e. The lowest BCUT2D eigenvalue weighted by Gasteiger charge is -2.19. The van der Waals surface area contributed by atoms with Crippen LogP contribution in [-0.2, 0) is 0 Å². The molecular formula is C12H18ClN3Si. The monoisotopic (exact) mass is 267 g/mol. The first-order valence-corrected chi connectivity index (χ1v) is 8.88. The van der Waals surface area contributed by atoms with Gasteiger partial charge in [-0.05, 0) is 18.1 Å². The normalized spacial score (nSPS) is 10.8. The van der Waals surface area contributed by atoms with E-state index < -0.39 is 8.07 Å². The van der Waals surface area contributed by atoms with Crippen molar-refractivity contribution in [2.75, 3.05) is 5.73 Å². The predicted octanol–water partition coefficient (Wildman–Crippen LogP) is 3.11.